The number of amides is 3. The molecule has 2 aliphatic rings. The smallest absolute Gasteiger partial charge is 0.240 e. The molecule has 6 heteroatoms. The van der Waals surface area contributed by atoms with Crippen molar-refractivity contribution in [3.05, 3.63) is 24.2 Å². The number of nitrogens with zero attached hydrogens (tertiary/aromatic N) is 1. The topological polar surface area (TPSA) is 79.6 Å². The fraction of sp³-hybridized carbons (Fsp3) is 0.562. The number of rotatable bonds is 4. The van der Waals surface area contributed by atoms with E-state index in [1.807, 2.05) is 0 Å². The second-order valence-electron chi connectivity index (χ2n) is 6.06. The van der Waals surface area contributed by atoms with Crippen molar-refractivity contribution in [1.82, 2.24) is 10.2 Å². The van der Waals surface area contributed by atoms with Gasteiger partial charge in [0, 0.05) is 0 Å². The SMILES string of the molecule is C[C@@H](NC(=O)CN1C(=O)[C@H]2CCCC[C@H]2C1=O)c1ccco1. The molecule has 3 rings (SSSR count). The van der Waals surface area contributed by atoms with Crippen LogP contribution in [0.15, 0.2) is 22.8 Å². The van der Waals surface area contributed by atoms with Gasteiger partial charge in [-0.3, -0.25) is 19.3 Å². The first kappa shape index (κ1) is 14.8. The maximum Gasteiger partial charge on any atom is 0.240 e. The van der Waals surface area contributed by atoms with Gasteiger partial charge in [0.2, 0.25) is 17.7 Å². The van der Waals surface area contributed by atoms with Crippen LogP contribution < -0.4 is 5.32 Å². The van der Waals surface area contributed by atoms with Gasteiger partial charge in [-0.05, 0) is 31.9 Å². The van der Waals surface area contributed by atoms with Crippen molar-refractivity contribution in [1.29, 1.82) is 0 Å². The normalized spacial score (nSPS) is 26.0. The third kappa shape index (κ3) is 2.65. The Balaban J connectivity index is 1.61. The molecule has 6 nitrogen and oxygen atoms in total. The van der Waals surface area contributed by atoms with Gasteiger partial charge in [-0.2, -0.15) is 0 Å². The monoisotopic (exact) mass is 304 g/mol. The summed E-state index contributed by atoms with van der Waals surface area (Å²) < 4.78 is 5.22. The zero-order chi connectivity index (χ0) is 15.7. The molecule has 22 heavy (non-hydrogen) atoms. The number of nitrogens with one attached hydrogen (secondary N) is 1. The van der Waals surface area contributed by atoms with Crippen molar-refractivity contribution in [2.45, 2.75) is 38.6 Å². The molecule has 1 aliphatic carbocycles. The van der Waals surface area contributed by atoms with Gasteiger partial charge in [-0.15, -0.1) is 0 Å². The molecule has 1 N–H and O–H groups in total. The lowest BCUT2D eigenvalue weighted by molar-refractivity contribution is -0.143. The average Bonchev–Trinajstić information content (AvgIpc) is 3.12. The van der Waals surface area contributed by atoms with Crippen LogP contribution in [0.4, 0.5) is 0 Å². The molecule has 1 aliphatic heterocycles. The van der Waals surface area contributed by atoms with Crippen LogP contribution in [0.25, 0.3) is 0 Å². The summed E-state index contributed by atoms with van der Waals surface area (Å²) in [5.41, 5.74) is 0. The number of carbonyl (C=O) groups excluding carboxylic acids is 3. The Morgan fingerprint density at radius 1 is 1.32 bits per heavy atom. The number of fused-ring (bicyclic) bond motifs is 1. The van der Waals surface area contributed by atoms with Crippen molar-refractivity contribution in [3.8, 4) is 0 Å². The minimum Gasteiger partial charge on any atom is -0.467 e. The Bertz CT molecular complexity index is 557. The third-order valence-corrected chi connectivity index (χ3v) is 4.58. The van der Waals surface area contributed by atoms with Gasteiger partial charge in [0.15, 0.2) is 0 Å². The highest BCUT2D eigenvalue weighted by Crippen LogP contribution is 2.37. The predicted octanol–water partition coefficient (Wildman–Crippen LogP) is 1.63. The number of hydrogen-bond acceptors (Lipinski definition) is 4. The van der Waals surface area contributed by atoms with E-state index >= 15 is 0 Å². The second-order valence-corrected chi connectivity index (χ2v) is 6.06. The average molecular weight is 304 g/mol. The minimum absolute atomic E-state index is 0.185. The number of furan rings is 1. The molecule has 1 saturated heterocycles. The molecule has 1 aromatic rings. The van der Waals surface area contributed by atoms with Crippen molar-refractivity contribution >= 4 is 17.7 Å². The van der Waals surface area contributed by atoms with E-state index in [0.29, 0.717) is 5.76 Å². The van der Waals surface area contributed by atoms with E-state index in [9.17, 15) is 14.4 Å². The lowest BCUT2D eigenvalue weighted by Gasteiger charge is -2.19. The fourth-order valence-corrected chi connectivity index (χ4v) is 3.43. The van der Waals surface area contributed by atoms with Crippen LogP contribution in [0.1, 0.15) is 44.4 Å². The Morgan fingerprint density at radius 2 is 1.95 bits per heavy atom. The Morgan fingerprint density at radius 3 is 2.50 bits per heavy atom. The Labute approximate surface area is 128 Å². The highest BCUT2D eigenvalue weighted by Gasteiger charge is 2.48. The first-order valence-electron chi connectivity index (χ1n) is 7.76. The van der Waals surface area contributed by atoms with E-state index < -0.39 is 0 Å². The Kier molecular flexibility index (Phi) is 4.00. The van der Waals surface area contributed by atoms with Crippen LogP contribution in [-0.4, -0.2) is 29.2 Å². The Hall–Kier alpha value is -2.11. The molecular weight excluding hydrogens is 284 g/mol. The van der Waals surface area contributed by atoms with Crippen LogP contribution in [0.2, 0.25) is 0 Å². The summed E-state index contributed by atoms with van der Waals surface area (Å²) in [6, 6.07) is 3.22. The summed E-state index contributed by atoms with van der Waals surface area (Å²) in [5, 5.41) is 2.75. The molecule has 3 amide bonds. The van der Waals surface area contributed by atoms with Gasteiger partial charge in [-0.25, -0.2) is 0 Å². The van der Waals surface area contributed by atoms with Gasteiger partial charge < -0.3 is 9.73 Å². The number of likely N-dealkylation sites (tertiary alicyclic amines) is 1. The number of hydrogen-bond donors (Lipinski definition) is 1. The molecule has 2 fully saturated rings. The lowest BCUT2D eigenvalue weighted by atomic mass is 9.81. The van der Waals surface area contributed by atoms with Crippen molar-refractivity contribution in [2.75, 3.05) is 6.54 Å². The fourth-order valence-electron chi connectivity index (χ4n) is 3.43. The summed E-state index contributed by atoms with van der Waals surface area (Å²) in [6.45, 7) is 1.60. The van der Waals surface area contributed by atoms with Crippen molar-refractivity contribution in [3.63, 3.8) is 0 Å². The number of imide groups is 1. The van der Waals surface area contributed by atoms with Crippen LogP contribution >= 0.6 is 0 Å². The van der Waals surface area contributed by atoms with Gasteiger partial charge in [0.25, 0.3) is 0 Å². The van der Waals surface area contributed by atoms with Crippen LogP contribution in [0.3, 0.4) is 0 Å². The molecule has 118 valence electrons. The summed E-state index contributed by atoms with van der Waals surface area (Å²) in [7, 11) is 0. The summed E-state index contributed by atoms with van der Waals surface area (Å²) in [6.07, 6.45) is 5.02. The maximum absolute atomic E-state index is 12.3. The van der Waals surface area contributed by atoms with E-state index in [0.717, 1.165) is 30.6 Å². The van der Waals surface area contributed by atoms with Gasteiger partial charge in [-0.1, -0.05) is 12.8 Å². The van der Waals surface area contributed by atoms with E-state index in [2.05, 4.69) is 5.32 Å². The third-order valence-electron chi connectivity index (χ3n) is 4.58. The van der Waals surface area contributed by atoms with Crippen LogP contribution in [-0.2, 0) is 14.4 Å². The van der Waals surface area contributed by atoms with Crippen LogP contribution in [0, 0.1) is 11.8 Å². The molecule has 0 aromatic carbocycles. The molecule has 3 atom stereocenters. The van der Waals surface area contributed by atoms with Crippen LogP contribution in [0.5, 0.6) is 0 Å². The molecule has 0 spiro atoms. The molecular formula is C16H20N2O4. The lowest BCUT2D eigenvalue weighted by Crippen LogP contribution is -2.41. The summed E-state index contributed by atoms with van der Waals surface area (Å²) in [5.74, 6) is -0.496. The van der Waals surface area contributed by atoms with E-state index in [1.165, 1.54) is 6.26 Å². The highest BCUT2D eigenvalue weighted by atomic mass is 16.3. The predicted molar refractivity (Wildman–Crippen MR) is 77.4 cm³/mol. The van der Waals surface area contributed by atoms with Gasteiger partial charge in [0.05, 0.1) is 24.1 Å². The quantitative estimate of drug-likeness (QED) is 0.857. The first-order valence-corrected chi connectivity index (χ1v) is 7.76. The van der Waals surface area contributed by atoms with Gasteiger partial charge in [0.1, 0.15) is 12.3 Å². The minimum atomic E-state index is -0.343. The summed E-state index contributed by atoms with van der Waals surface area (Å²) >= 11 is 0. The maximum atomic E-state index is 12.3. The van der Waals surface area contributed by atoms with Crippen molar-refractivity contribution in [2.24, 2.45) is 11.8 Å². The molecule has 1 aromatic heterocycles. The molecule has 0 radical (unpaired) electrons. The molecule has 1 saturated carbocycles. The molecule has 0 unspecified atom stereocenters. The zero-order valence-electron chi connectivity index (χ0n) is 12.6. The van der Waals surface area contributed by atoms with E-state index in [1.54, 1.807) is 19.1 Å². The largest absolute Gasteiger partial charge is 0.467 e. The van der Waals surface area contributed by atoms with Gasteiger partial charge >= 0.3 is 0 Å². The number of carbonyl (C=O) groups is 3. The highest BCUT2D eigenvalue weighted by molar-refractivity contribution is 6.07. The van der Waals surface area contributed by atoms with Crippen molar-refractivity contribution < 1.29 is 18.8 Å². The first-order chi connectivity index (χ1) is 10.6. The second kappa shape index (κ2) is 5.94. The summed E-state index contributed by atoms with van der Waals surface area (Å²) in [4.78, 5) is 37.8. The molecule has 0 bridgehead atoms. The van der Waals surface area contributed by atoms with E-state index in [-0.39, 0.29) is 42.1 Å². The van der Waals surface area contributed by atoms with E-state index in [4.69, 9.17) is 4.42 Å². The standard InChI is InChI=1S/C16H20N2O4/c1-10(13-7-4-8-22-13)17-14(19)9-18-15(20)11-5-2-3-6-12(11)16(18)21/h4,7-8,10-12H,2-3,5-6,9H2,1H3,(H,17,19)/t10-,11-,12+/m1/s1. The zero-order valence-corrected chi connectivity index (χ0v) is 12.6. The molecule has 2 heterocycles.